The van der Waals surface area contributed by atoms with Gasteiger partial charge in [0.05, 0.1) is 22.9 Å². The van der Waals surface area contributed by atoms with E-state index in [1.165, 1.54) is 23.0 Å². The highest BCUT2D eigenvalue weighted by Gasteiger charge is 2.19. The average Bonchev–Trinajstić information content (AvgIpc) is 2.72. The lowest BCUT2D eigenvalue weighted by molar-refractivity contribution is 0.0695. The minimum Gasteiger partial charge on any atom is -0.485 e. The zero-order valence-corrected chi connectivity index (χ0v) is 18.9. The molecule has 164 valence electrons. The van der Waals surface area contributed by atoms with Gasteiger partial charge >= 0.3 is 5.56 Å². The first-order valence-electron chi connectivity index (χ1n) is 9.57. The summed E-state index contributed by atoms with van der Waals surface area (Å²) in [5, 5.41) is 14.9. The summed E-state index contributed by atoms with van der Waals surface area (Å²) in [5.41, 5.74) is 0.950. The molecule has 0 saturated heterocycles. The molecule has 1 aromatic heterocycles. The molecule has 9 heteroatoms. The highest BCUT2D eigenvalue weighted by atomic mass is 35.5. The van der Waals surface area contributed by atoms with Gasteiger partial charge in [0.2, 0.25) is 0 Å². The Morgan fingerprint density at radius 2 is 1.71 bits per heavy atom. The predicted molar refractivity (Wildman–Crippen MR) is 120 cm³/mol. The van der Waals surface area contributed by atoms with Gasteiger partial charge in [-0.3, -0.25) is 4.79 Å². The van der Waals surface area contributed by atoms with Crippen LogP contribution >= 0.6 is 11.6 Å². The summed E-state index contributed by atoms with van der Waals surface area (Å²) in [5.74, 6) is -0.0467. The largest absolute Gasteiger partial charge is 0.485 e. The van der Waals surface area contributed by atoms with E-state index in [0.29, 0.717) is 21.8 Å². The molecule has 31 heavy (non-hydrogen) atoms. The maximum Gasteiger partial charge on any atom is 0.314 e. The number of rotatable bonds is 7. The molecule has 0 spiro atoms. The fourth-order valence-corrected chi connectivity index (χ4v) is 3.55. The van der Waals surface area contributed by atoms with Crippen molar-refractivity contribution in [2.24, 2.45) is 5.92 Å². The molecule has 0 radical (unpaired) electrons. The van der Waals surface area contributed by atoms with Crippen LogP contribution in [0.1, 0.15) is 13.8 Å². The van der Waals surface area contributed by atoms with Crippen LogP contribution in [0.2, 0.25) is 5.02 Å². The topological polar surface area (TPSA) is 98.5 Å². The van der Waals surface area contributed by atoms with E-state index in [-0.39, 0.29) is 23.2 Å². The number of aromatic nitrogens is 2. The number of hydrogen-bond acceptors (Lipinski definition) is 6. The third kappa shape index (κ3) is 5.33. The predicted octanol–water partition coefficient (Wildman–Crippen LogP) is 3.35. The molecule has 0 aliphatic rings. The van der Waals surface area contributed by atoms with Crippen molar-refractivity contribution < 1.29 is 18.3 Å². The van der Waals surface area contributed by atoms with E-state index in [1.807, 2.05) is 13.8 Å². The number of aliphatic hydroxyl groups excluding tert-OH is 1. The summed E-state index contributed by atoms with van der Waals surface area (Å²) >= 11 is 5.93. The van der Waals surface area contributed by atoms with E-state index < -0.39 is 21.5 Å². The Hall–Kier alpha value is -2.68. The first-order chi connectivity index (χ1) is 14.6. The summed E-state index contributed by atoms with van der Waals surface area (Å²) in [6.07, 6.45) is 1.83. The number of benzene rings is 2. The number of hydrogen-bond donors (Lipinski definition) is 1. The second-order valence-electron chi connectivity index (χ2n) is 7.50. The van der Waals surface area contributed by atoms with Crippen molar-refractivity contribution in [3.8, 4) is 22.6 Å². The molecule has 0 fully saturated rings. The molecule has 0 bridgehead atoms. The standard InChI is InChI=1S/C22H23ClN2O5S/c1-14(2)20(26)13-30-21-19(15-4-10-18(11-5-15)31(3,28)29)12-24-25(22(21)27)17-8-6-16(23)7-9-17/h4-12,14,20,26H,13H2,1-3H3. The first-order valence-corrected chi connectivity index (χ1v) is 11.8. The Bertz CT molecular complexity index is 1220. The molecule has 1 N–H and O–H groups in total. The zero-order valence-electron chi connectivity index (χ0n) is 17.3. The van der Waals surface area contributed by atoms with E-state index in [1.54, 1.807) is 36.4 Å². The molecule has 3 rings (SSSR count). The van der Waals surface area contributed by atoms with Crippen molar-refractivity contribution >= 4 is 21.4 Å². The van der Waals surface area contributed by atoms with Gasteiger partial charge in [-0.05, 0) is 47.9 Å². The van der Waals surface area contributed by atoms with E-state index in [4.69, 9.17) is 16.3 Å². The number of aliphatic hydroxyl groups is 1. The molecule has 3 aromatic rings. The van der Waals surface area contributed by atoms with E-state index in [9.17, 15) is 18.3 Å². The molecular weight excluding hydrogens is 440 g/mol. The molecule has 1 heterocycles. The van der Waals surface area contributed by atoms with E-state index in [2.05, 4.69) is 5.10 Å². The van der Waals surface area contributed by atoms with Gasteiger partial charge in [0.25, 0.3) is 0 Å². The SMILES string of the molecule is CC(C)C(O)COc1c(-c2ccc(S(C)(=O)=O)cc2)cnn(-c2ccc(Cl)cc2)c1=O. The van der Waals surface area contributed by atoms with Gasteiger partial charge in [-0.2, -0.15) is 9.78 Å². The second-order valence-corrected chi connectivity index (χ2v) is 9.95. The molecule has 0 aliphatic heterocycles. The summed E-state index contributed by atoms with van der Waals surface area (Å²) in [4.78, 5) is 13.4. The van der Waals surface area contributed by atoms with Crippen LogP contribution in [-0.2, 0) is 9.84 Å². The van der Waals surface area contributed by atoms with Crippen LogP contribution in [0.4, 0.5) is 0 Å². The highest BCUT2D eigenvalue weighted by molar-refractivity contribution is 7.90. The molecule has 0 aliphatic carbocycles. The number of ether oxygens (including phenoxy) is 1. The van der Waals surface area contributed by atoms with Crippen LogP contribution in [0.5, 0.6) is 5.75 Å². The molecule has 0 saturated carbocycles. The minimum atomic E-state index is -3.35. The van der Waals surface area contributed by atoms with Crippen molar-refractivity contribution in [2.75, 3.05) is 12.9 Å². The third-order valence-electron chi connectivity index (χ3n) is 4.77. The number of halogens is 1. The van der Waals surface area contributed by atoms with Gasteiger partial charge in [0.1, 0.15) is 6.61 Å². The molecular formula is C22H23ClN2O5S. The van der Waals surface area contributed by atoms with E-state index in [0.717, 1.165) is 6.26 Å². The van der Waals surface area contributed by atoms with Crippen molar-refractivity contribution in [1.29, 1.82) is 0 Å². The molecule has 1 unspecified atom stereocenters. The summed E-state index contributed by atoms with van der Waals surface area (Å²) in [6, 6.07) is 12.7. The van der Waals surface area contributed by atoms with Crippen LogP contribution in [-0.4, -0.2) is 42.3 Å². The van der Waals surface area contributed by atoms with Crippen molar-refractivity contribution in [3.63, 3.8) is 0 Å². The number of sulfone groups is 1. The summed E-state index contributed by atoms with van der Waals surface area (Å²) in [6.45, 7) is 3.61. The lowest BCUT2D eigenvalue weighted by Crippen LogP contribution is -2.28. The van der Waals surface area contributed by atoms with Gasteiger partial charge in [-0.1, -0.05) is 37.6 Å². The van der Waals surface area contributed by atoms with Crippen LogP contribution in [0.15, 0.2) is 64.4 Å². The van der Waals surface area contributed by atoms with Crippen LogP contribution < -0.4 is 10.3 Å². The van der Waals surface area contributed by atoms with Crippen LogP contribution in [0, 0.1) is 5.92 Å². The average molecular weight is 463 g/mol. The van der Waals surface area contributed by atoms with E-state index >= 15 is 0 Å². The zero-order chi connectivity index (χ0) is 22.8. The lowest BCUT2D eigenvalue weighted by atomic mass is 10.1. The van der Waals surface area contributed by atoms with Gasteiger partial charge in [-0.25, -0.2) is 8.42 Å². The van der Waals surface area contributed by atoms with Crippen molar-refractivity contribution in [3.05, 3.63) is 70.1 Å². The van der Waals surface area contributed by atoms with Crippen LogP contribution in [0.25, 0.3) is 16.8 Å². The maximum atomic E-state index is 13.2. The van der Waals surface area contributed by atoms with Gasteiger partial charge < -0.3 is 9.84 Å². The smallest absolute Gasteiger partial charge is 0.314 e. The fourth-order valence-electron chi connectivity index (χ4n) is 2.79. The molecule has 7 nitrogen and oxygen atoms in total. The Morgan fingerprint density at radius 3 is 2.26 bits per heavy atom. The Balaban J connectivity index is 2.10. The Morgan fingerprint density at radius 1 is 1.10 bits per heavy atom. The lowest BCUT2D eigenvalue weighted by Gasteiger charge is -2.18. The molecule has 0 amide bonds. The first kappa shape index (κ1) is 23.0. The third-order valence-corrected chi connectivity index (χ3v) is 6.15. The number of nitrogens with zero attached hydrogens (tertiary/aromatic N) is 2. The maximum absolute atomic E-state index is 13.2. The second kappa shape index (κ2) is 9.21. The highest BCUT2D eigenvalue weighted by Crippen LogP contribution is 2.28. The molecule has 1 atom stereocenters. The summed E-state index contributed by atoms with van der Waals surface area (Å²) < 4.78 is 30.4. The van der Waals surface area contributed by atoms with Gasteiger partial charge in [-0.15, -0.1) is 0 Å². The van der Waals surface area contributed by atoms with Crippen molar-refractivity contribution in [1.82, 2.24) is 9.78 Å². The normalized spacial score (nSPS) is 12.7. The monoisotopic (exact) mass is 462 g/mol. The Labute approximate surface area is 185 Å². The minimum absolute atomic E-state index is 0.0109. The Kier molecular flexibility index (Phi) is 6.83. The fraction of sp³-hybridized carbons (Fsp3) is 0.273. The molecule has 2 aromatic carbocycles. The quantitative estimate of drug-likeness (QED) is 0.578. The van der Waals surface area contributed by atoms with Gasteiger partial charge in [0, 0.05) is 16.8 Å². The van der Waals surface area contributed by atoms with Crippen LogP contribution in [0.3, 0.4) is 0 Å². The van der Waals surface area contributed by atoms with Gasteiger partial charge in [0.15, 0.2) is 15.6 Å². The summed E-state index contributed by atoms with van der Waals surface area (Å²) in [7, 11) is -3.35. The van der Waals surface area contributed by atoms with Crippen molar-refractivity contribution in [2.45, 2.75) is 24.8 Å².